The summed E-state index contributed by atoms with van der Waals surface area (Å²) in [4.78, 5) is 36.5. The lowest BCUT2D eigenvalue weighted by atomic mass is 10.2. The molecule has 2 N–H and O–H groups in total. The van der Waals surface area contributed by atoms with E-state index in [4.69, 9.17) is 11.6 Å². The maximum atomic E-state index is 12.3. The maximum absolute atomic E-state index is 12.3. The van der Waals surface area contributed by atoms with E-state index < -0.39 is 11.5 Å². The van der Waals surface area contributed by atoms with E-state index in [0.29, 0.717) is 27.2 Å². The van der Waals surface area contributed by atoms with Gasteiger partial charge in [0.1, 0.15) is 0 Å². The molecule has 3 rings (SSSR count). The van der Waals surface area contributed by atoms with Crippen LogP contribution in [0.5, 0.6) is 0 Å². The van der Waals surface area contributed by atoms with Crippen molar-refractivity contribution in [2.45, 2.75) is 6.92 Å². The largest absolute Gasteiger partial charge is 0.295 e. The van der Waals surface area contributed by atoms with E-state index in [-0.39, 0.29) is 5.56 Å². The average molecular weight is 333 g/mol. The number of nitrogens with one attached hydrogen (secondary N) is 2. The molecule has 0 aliphatic rings. The van der Waals surface area contributed by atoms with Gasteiger partial charge < -0.3 is 0 Å². The van der Waals surface area contributed by atoms with E-state index in [1.165, 1.54) is 10.7 Å². The molecule has 0 aliphatic carbocycles. The first-order valence-corrected chi connectivity index (χ1v) is 7.14. The predicted octanol–water partition coefficient (Wildman–Crippen LogP) is 1.37. The number of fused-ring (bicyclic) bond motifs is 1. The van der Waals surface area contributed by atoms with Gasteiger partial charge in [0.2, 0.25) is 0 Å². The van der Waals surface area contributed by atoms with Crippen LogP contribution in [-0.2, 0) is 7.05 Å². The smallest absolute Gasteiger partial charge is 0.275 e. The van der Waals surface area contributed by atoms with Gasteiger partial charge in [-0.3, -0.25) is 29.6 Å². The Balaban J connectivity index is 2.08. The first kappa shape index (κ1) is 15.1. The van der Waals surface area contributed by atoms with Crippen molar-refractivity contribution in [3.63, 3.8) is 0 Å². The molecule has 0 spiro atoms. The number of hydrogen-bond acceptors (Lipinski definition) is 3. The van der Waals surface area contributed by atoms with E-state index >= 15 is 0 Å². The van der Waals surface area contributed by atoms with Crippen LogP contribution in [0.15, 0.2) is 39.9 Å². The number of H-pyrrole nitrogens is 1. The molecule has 0 saturated heterocycles. The second kappa shape index (κ2) is 5.44. The van der Waals surface area contributed by atoms with Crippen molar-refractivity contribution in [3.8, 4) is 0 Å². The number of rotatable bonds is 2. The normalized spacial score (nSPS) is 10.9. The molecule has 1 amide bonds. The lowest BCUT2D eigenvalue weighted by Crippen LogP contribution is -2.34. The molecular weight excluding hydrogens is 320 g/mol. The van der Waals surface area contributed by atoms with Crippen molar-refractivity contribution in [2.75, 3.05) is 5.43 Å². The van der Waals surface area contributed by atoms with Crippen LogP contribution >= 0.6 is 11.6 Å². The molecule has 3 aromatic rings. The van der Waals surface area contributed by atoms with E-state index in [9.17, 15) is 14.4 Å². The van der Waals surface area contributed by atoms with Crippen molar-refractivity contribution < 1.29 is 4.79 Å². The van der Waals surface area contributed by atoms with Gasteiger partial charge in [-0.25, -0.2) is 4.68 Å². The van der Waals surface area contributed by atoms with E-state index in [2.05, 4.69) is 10.5 Å². The molecule has 0 atom stereocenters. The van der Waals surface area contributed by atoms with E-state index in [1.54, 1.807) is 38.2 Å². The number of halogens is 1. The van der Waals surface area contributed by atoms with Crippen LogP contribution in [0.3, 0.4) is 0 Å². The number of carbonyl (C=O) groups excluding carboxylic acids is 1. The topological polar surface area (TPSA) is 88.9 Å². The molecule has 2 heterocycles. The highest BCUT2D eigenvalue weighted by molar-refractivity contribution is 6.30. The van der Waals surface area contributed by atoms with Gasteiger partial charge in [-0.2, -0.15) is 0 Å². The minimum absolute atomic E-state index is 0.271. The Bertz CT molecular complexity index is 1030. The van der Waals surface area contributed by atoms with Gasteiger partial charge in [0.15, 0.2) is 0 Å². The standard InChI is InChI=1S/C15H13ClN4O3/c1-8-13-11(17-19(2)15(13)23)7-12(21)20(8)18-14(22)9-3-5-10(16)6-4-9/h3-7,17H,1-2H3,(H,18,22). The second-order valence-electron chi connectivity index (χ2n) is 5.12. The fourth-order valence-corrected chi connectivity index (χ4v) is 2.52. The van der Waals surface area contributed by atoms with E-state index in [1.807, 2.05) is 0 Å². The molecule has 0 aliphatic heterocycles. The summed E-state index contributed by atoms with van der Waals surface area (Å²) in [7, 11) is 1.56. The minimum Gasteiger partial charge on any atom is -0.295 e. The van der Waals surface area contributed by atoms with Crippen molar-refractivity contribution in [1.82, 2.24) is 14.5 Å². The molecule has 7 nitrogen and oxygen atoms in total. The Labute approximate surface area is 135 Å². The lowest BCUT2D eigenvalue weighted by molar-refractivity contribution is 0.101. The Hall–Kier alpha value is -2.80. The monoisotopic (exact) mass is 332 g/mol. The van der Waals surface area contributed by atoms with Crippen LogP contribution in [0.1, 0.15) is 16.1 Å². The third-order valence-electron chi connectivity index (χ3n) is 3.58. The first-order chi connectivity index (χ1) is 10.9. The van der Waals surface area contributed by atoms with Gasteiger partial charge in [-0.15, -0.1) is 0 Å². The molecule has 8 heteroatoms. The van der Waals surface area contributed by atoms with E-state index in [0.717, 1.165) is 4.68 Å². The highest BCUT2D eigenvalue weighted by Crippen LogP contribution is 2.11. The second-order valence-corrected chi connectivity index (χ2v) is 5.55. The fraction of sp³-hybridized carbons (Fsp3) is 0.133. The number of hydrogen-bond donors (Lipinski definition) is 2. The SMILES string of the molecule is Cc1c2c(=O)n(C)[nH]c2cc(=O)n1NC(=O)c1ccc(Cl)cc1. The fourth-order valence-electron chi connectivity index (χ4n) is 2.40. The quantitative estimate of drug-likeness (QED) is 0.743. The summed E-state index contributed by atoms with van der Waals surface area (Å²) in [5.41, 5.74) is 2.92. The highest BCUT2D eigenvalue weighted by atomic mass is 35.5. The first-order valence-electron chi connectivity index (χ1n) is 6.77. The predicted molar refractivity (Wildman–Crippen MR) is 87.7 cm³/mol. The summed E-state index contributed by atoms with van der Waals surface area (Å²) >= 11 is 5.78. The van der Waals surface area contributed by atoms with Crippen LogP contribution in [0.2, 0.25) is 5.02 Å². The number of nitrogens with zero attached hydrogens (tertiary/aromatic N) is 2. The molecule has 0 saturated carbocycles. The molecule has 0 radical (unpaired) electrons. The van der Waals surface area contributed by atoms with Crippen LogP contribution in [0.25, 0.3) is 10.9 Å². The molecular formula is C15H13ClN4O3. The summed E-state index contributed by atoms with van der Waals surface area (Å²) < 4.78 is 2.34. The zero-order chi connectivity index (χ0) is 16.7. The van der Waals surface area contributed by atoms with Crippen LogP contribution < -0.4 is 16.5 Å². The van der Waals surface area contributed by atoms with Gasteiger partial charge in [0.25, 0.3) is 17.0 Å². The summed E-state index contributed by atoms with van der Waals surface area (Å²) in [6.07, 6.45) is 0. The van der Waals surface area contributed by atoms with Crippen molar-refractivity contribution in [2.24, 2.45) is 7.05 Å². The van der Waals surface area contributed by atoms with Gasteiger partial charge in [-0.05, 0) is 31.2 Å². The highest BCUT2D eigenvalue weighted by Gasteiger charge is 2.15. The number of pyridine rings is 1. The summed E-state index contributed by atoms with van der Waals surface area (Å²) in [5, 5.41) is 3.65. The zero-order valence-corrected chi connectivity index (χ0v) is 13.1. The molecule has 0 bridgehead atoms. The molecule has 23 heavy (non-hydrogen) atoms. The maximum Gasteiger partial charge on any atom is 0.275 e. The van der Waals surface area contributed by atoms with Crippen molar-refractivity contribution in [1.29, 1.82) is 0 Å². The number of aromatic amines is 1. The molecule has 0 unspecified atom stereocenters. The molecule has 118 valence electrons. The summed E-state index contributed by atoms with van der Waals surface area (Å²) in [6, 6.07) is 7.53. The number of carbonyl (C=O) groups is 1. The molecule has 0 fully saturated rings. The summed E-state index contributed by atoms with van der Waals surface area (Å²) in [5.74, 6) is -0.474. The van der Waals surface area contributed by atoms with Crippen molar-refractivity contribution >= 4 is 28.4 Å². The minimum atomic E-state index is -0.474. The Morgan fingerprint density at radius 3 is 2.52 bits per heavy atom. The number of amides is 1. The molecule has 1 aromatic carbocycles. The van der Waals surface area contributed by atoms with Gasteiger partial charge >= 0.3 is 0 Å². The number of aryl methyl sites for hydroxylation is 2. The van der Waals surface area contributed by atoms with Crippen LogP contribution in [0.4, 0.5) is 0 Å². The third-order valence-corrected chi connectivity index (χ3v) is 3.83. The van der Waals surface area contributed by atoms with Crippen LogP contribution in [-0.4, -0.2) is 20.4 Å². The Kier molecular flexibility index (Phi) is 3.57. The van der Waals surface area contributed by atoms with Gasteiger partial charge in [-0.1, -0.05) is 11.6 Å². The zero-order valence-electron chi connectivity index (χ0n) is 12.4. The van der Waals surface area contributed by atoms with Gasteiger partial charge in [0.05, 0.1) is 16.6 Å². The molecule has 2 aromatic heterocycles. The van der Waals surface area contributed by atoms with Crippen molar-refractivity contribution in [3.05, 3.63) is 67.3 Å². The van der Waals surface area contributed by atoms with Gasteiger partial charge in [0, 0.05) is 23.7 Å². The van der Waals surface area contributed by atoms with Crippen LogP contribution in [0, 0.1) is 6.92 Å². The number of aromatic nitrogens is 3. The third kappa shape index (κ3) is 2.55. The number of benzene rings is 1. The summed E-state index contributed by atoms with van der Waals surface area (Å²) in [6.45, 7) is 1.60. The Morgan fingerprint density at radius 2 is 1.87 bits per heavy atom. The lowest BCUT2D eigenvalue weighted by Gasteiger charge is -2.11. The average Bonchev–Trinajstić information content (AvgIpc) is 2.78. The Morgan fingerprint density at radius 1 is 1.22 bits per heavy atom.